The average Bonchev–Trinajstić information content (AvgIpc) is 3.11. The maximum atomic E-state index is 3.85. The molecule has 18 heavy (non-hydrogen) atoms. The van der Waals surface area contributed by atoms with E-state index < -0.39 is 0 Å². The Labute approximate surface area is 113 Å². The van der Waals surface area contributed by atoms with Crippen LogP contribution in [0.2, 0.25) is 0 Å². The molecule has 0 amide bonds. The molecule has 0 aromatic carbocycles. The van der Waals surface area contributed by atoms with Crippen molar-refractivity contribution in [3.05, 3.63) is 0 Å². The largest absolute Gasteiger partial charge is 0.311 e. The Bertz CT molecular complexity index is 268. The zero-order chi connectivity index (χ0) is 12.5. The number of piperazine rings is 1. The molecule has 0 bridgehead atoms. The lowest BCUT2D eigenvalue weighted by Gasteiger charge is -2.45. The van der Waals surface area contributed by atoms with E-state index in [0.717, 1.165) is 30.0 Å². The van der Waals surface area contributed by atoms with E-state index in [2.05, 4.69) is 24.1 Å². The standard InChI is InChI=1S/C16H30N2/c1-3-12(2)15-11-18(14-6-4-5-7-14)16(10-17-15)13-8-9-13/h12-17H,3-11H2,1-2H3. The van der Waals surface area contributed by atoms with Crippen LogP contribution in [0.1, 0.15) is 58.8 Å². The molecule has 3 atom stereocenters. The van der Waals surface area contributed by atoms with Gasteiger partial charge in [-0.2, -0.15) is 0 Å². The van der Waals surface area contributed by atoms with Crippen molar-refractivity contribution in [2.75, 3.05) is 13.1 Å². The fourth-order valence-corrected chi connectivity index (χ4v) is 4.06. The molecule has 1 heterocycles. The van der Waals surface area contributed by atoms with Gasteiger partial charge >= 0.3 is 0 Å². The van der Waals surface area contributed by atoms with E-state index in [0.29, 0.717) is 0 Å². The zero-order valence-corrected chi connectivity index (χ0v) is 12.2. The number of hydrogen-bond acceptors (Lipinski definition) is 2. The normalized spacial score (nSPS) is 37.0. The van der Waals surface area contributed by atoms with Crippen molar-refractivity contribution in [1.29, 1.82) is 0 Å². The highest BCUT2D eigenvalue weighted by molar-refractivity contribution is 4.98. The number of hydrogen-bond donors (Lipinski definition) is 1. The Balaban J connectivity index is 1.67. The molecule has 1 aliphatic heterocycles. The second-order valence-electron chi connectivity index (χ2n) is 6.94. The van der Waals surface area contributed by atoms with Crippen LogP contribution in [-0.2, 0) is 0 Å². The van der Waals surface area contributed by atoms with E-state index in [4.69, 9.17) is 0 Å². The predicted octanol–water partition coefficient (Wildman–Crippen LogP) is 3.03. The van der Waals surface area contributed by atoms with Crippen LogP contribution in [0.5, 0.6) is 0 Å². The van der Waals surface area contributed by atoms with E-state index >= 15 is 0 Å². The molecule has 0 aromatic rings. The van der Waals surface area contributed by atoms with Gasteiger partial charge in [0.15, 0.2) is 0 Å². The average molecular weight is 250 g/mol. The topological polar surface area (TPSA) is 15.3 Å². The van der Waals surface area contributed by atoms with Crippen LogP contribution < -0.4 is 5.32 Å². The summed E-state index contributed by atoms with van der Waals surface area (Å²) in [5.41, 5.74) is 0. The van der Waals surface area contributed by atoms with Gasteiger partial charge < -0.3 is 5.32 Å². The smallest absolute Gasteiger partial charge is 0.0252 e. The van der Waals surface area contributed by atoms with E-state index in [1.165, 1.54) is 58.0 Å². The Morgan fingerprint density at radius 2 is 1.89 bits per heavy atom. The third-order valence-electron chi connectivity index (χ3n) is 5.71. The molecular weight excluding hydrogens is 220 g/mol. The van der Waals surface area contributed by atoms with Gasteiger partial charge in [-0.3, -0.25) is 4.90 Å². The van der Waals surface area contributed by atoms with Gasteiger partial charge in [-0.05, 0) is 37.5 Å². The second-order valence-corrected chi connectivity index (χ2v) is 6.94. The summed E-state index contributed by atoms with van der Waals surface area (Å²) >= 11 is 0. The van der Waals surface area contributed by atoms with Crippen LogP contribution in [-0.4, -0.2) is 36.1 Å². The lowest BCUT2D eigenvalue weighted by molar-refractivity contribution is 0.0572. The molecule has 3 unspecified atom stereocenters. The monoisotopic (exact) mass is 250 g/mol. The molecule has 2 heteroatoms. The van der Waals surface area contributed by atoms with Gasteiger partial charge in [0.05, 0.1) is 0 Å². The summed E-state index contributed by atoms with van der Waals surface area (Å²) in [6, 6.07) is 2.53. The van der Waals surface area contributed by atoms with Crippen LogP contribution in [0, 0.1) is 11.8 Å². The van der Waals surface area contributed by atoms with Gasteiger partial charge in [-0.15, -0.1) is 0 Å². The molecule has 0 spiro atoms. The lowest BCUT2D eigenvalue weighted by Crippen LogP contribution is -2.61. The van der Waals surface area contributed by atoms with Crippen LogP contribution in [0.3, 0.4) is 0 Å². The van der Waals surface area contributed by atoms with Crippen LogP contribution >= 0.6 is 0 Å². The first kappa shape index (κ1) is 12.9. The minimum Gasteiger partial charge on any atom is -0.311 e. The lowest BCUT2D eigenvalue weighted by atomic mass is 9.93. The molecule has 104 valence electrons. The molecule has 3 rings (SSSR count). The summed E-state index contributed by atoms with van der Waals surface area (Å²) in [6.07, 6.45) is 10.2. The summed E-state index contributed by atoms with van der Waals surface area (Å²) in [5.74, 6) is 1.85. The Morgan fingerprint density at radius 3 is 2.50 bits per heavy atom. The van der Waals surface area contributed by atoms with Crippen molar-refractivity contribution in [2.24, 2.45) is 11.8 Å². The maximum absolute atomic E-state index is 3.85. The molecule has 3 fully saturated rings. The van der Waals surface area contributed by atoms with Crippen molar-refractivity contribution in [2.45, 2.75) is 76.9 Å². The fourth-order valence-electron chi connectivity index (χ4n) is 4.06. The first-order valence-electron chi connectivity index (χ1n) is 8.28. The summed E-state index contributed by atoms with van der Waals surface area (Å²) < 4.78 is 0. The van der Waals surface area contributed by atoms with Crippen LogP contribution in [0.4, 0.5) is 0 Å². The summed E-state index contributed by atoms with van der Waals surface area (Å²) in [7, 11) is 0. The van der Waals surface area contributed by atoms with Crippen molar-refractivity contribution in [3.63, 3.8) is 0 Å². The van der Waals surface area contributed by atoms with Gasteiger partial charge in [-0.1, -0.05) is 33.1 Å². The third kappa shape index (κ3) is 2.60. The molecule has 2 saturated carbocycles. The van der Waals surface area contributed by atoms with Crippen molar-refractivity contribution in [3.8, 4) is 0 Å². The molecule has 0 aromatic heterocycles. The summed E-state index contributed by atoms with van der Waals surface area (Å²) in [4.78, 5) is 2.93. The SMILES string of the molecule is CCC(C)C1CN(C2CCCC2)C(C2CC2)CN1. The first-order valence-corrected chi connectivity index (χ1v) is 8.28. The zero-order valence-electron chi connectivity index (χ0n) is 12.2. The highest BCUT2D eigenvalue weighted by atomic mass is 15.3. The van der Waals surface area contributed by atoms with Crippen molar-refractivity contribution in [1.82, 2.24) is 10.2 Å². The number of rotatable bonds is 4. The number of nitrogens with zero attached hydrogens (tertiary/aromatic N) is 1. The quantitative estimate of drug-likeness (QED) is 0.825. The third-order valence-corrected chi connectivity index (χ3v) is 5.71. The highest BCUT2D eigenvalue weighted by Gasteiger charge is 2.42. The first-order chi connectivity index (χ1) is 8.79. The molecule has 1 N–H and O–H groups in total. The summed E-state index contributed by atoms with van der Waals surface area (Å²) in [6.45, 7) is 7.33. The fraction of sp³-hybridized carbons (Fsp3) is 1.00. The summed E-state index contributed by atoms with van der Waals surface area (Å²) in [5, 5.41) is 3.85. The van der Waals surface area contributed by atoms with E-state index in [-0.39, 0.29) is 0 Å². The van der Waals surface area contributed by atoms with Crippen LogP contribution in [0.15, 0.2) is 0 Å². The number of nitrogens with one attached hydrogen (secondary N) is 1. The van der Waals surface area contributed by atoms with Gasteiger partial charge in [-0.25, -0.2) is 0 Å². The predicted molar refractivity (Wildman–Crippen MR) is 76.7 cm³/mol. The second kappa shape index (κ2) is 5.50. The van der Waals surface area contributed by atoms with Gasteiger partial charge in [0, 0.05) is 31.2 Å². The van der Waals surface area contributed by atoms with Gasteiger partial charge in [0.1, 0.15) is 0 Å². The molecule has 2 aliphatic carbocycles. The van der Waals surface area contributed by atoms with Crippen molar-refractivity contribution >= 4 is 0 Å². The van der Waals surface area contributed by atoms with E-state index in [1.54, 1.807) is 0 Å². The molecule has 0 radical (unpaired) electrons. The van der Waals surface area contributed by atoms with Gasteiger partial charge in [0.2, 0.25) is 0 Å². The van der Waals surface area contributed by atoms with E-state index in [1.807, 2.05) is 0 Å². The molecule has 2 nitrogen and oxygen atoms in total. The molecule has 1 saturated heterocycles. The molecule has 3 aliphatic rings. The van der Waals surface area contributed by atoms with E-state index in [9.17, 15) is 0 Å². The van der Waals surface area contributed by atoms with Crippen molar-refractivity contribution < 1.29 is 0 Å². The highest BCUT2D eigenvalue weighted by Crippen LogP contribution is 2.39. The molecular formula is C16H30N2. The van der Waals surface area contributed by atoms with Gasteiger partial charge in [0.25, 0.3) is 0 Å². The van der Waals surface area contributed by atoms with Crippen LogP contribution in [0.25, 0.3) is 0 Å². The minimum atomic E-state index is 0.741. The minimum absolute atomic E-state index is 0.741. The Kier molecular flexibility index (Phi) is 3.95. The Morgan fingerprint density at radius 1 is 1.17 bits per heavy atom. The Hall–Kier alpha value is -0.0800. The maximum Gasteiger partial charge on any atom is 0.0252 e.